The Morgan fingerprint density at radius 3 is 2.62 bits per heavy atom. The second-order valence-corrected chi connectivity index (χ2v) is 3.84. The van der Waals surface area contributed by atoms with E-state index in [1.54, 1.807) is 18.5 Å². The van der Waals surface area contributed by atoms with E-state index in [4.69, 9.17) is 9.94 Å². The number of aromatic nitrogens is 2. The first-order valence-corrected chi connectivity index (χ1v) is 5.46. The van der Waals surface area contributed by atoms with E-state index in [9.17, 15) is 0 Å². The van der Waals surface area contributed by atoms with Gasteiger partial charge in [-0.3, -0.25) is 0 Å². The van der Waals surface area contributed by atoms with Gasteiger partial charge >= 0.3 is 0 Å². The molecule has 1 fully saturated rings. The SMILES string of the molecule is ON=C1CCC(OCc2ncccn2)CC1. The highest BCUT2D eigenvalue weighted by Gasteiger charge is 2.18. The van der Waals surface area contributed by atoms with Crippen molar-refractivity contribution in [1.29, 1.82) is 0 Å². The normalized spacial score (nSPS) is 20.8. The van der Waals surface area contributed by atoms with Crippen molar-refractivity contribution in [2.75, 3.05) is 0 Å². The summed E-state index contributed by atoms with van der Waals surface area (Å²) in [4.78, 5) is 8.19. The molecule has 0 aromatic carbocycles. The average Bonchev–Trinajstić information content (AvgIpc) is 2.38. The van der Waals surface area contributed by atoms with Crippen LogP contribution in [0.5, 0.6) is 0 Å². The quantitative estimate of drug-likeness (QED) is 0.624. The van der Waals surface area contributed by atoms with Gasteiger partial charge in [-0.25, -0.2) is 9.97 Å². The molecule has 5 nitrogen and oxygen atoms in total. The monoisotopic (exact) mass is 221 g/mol. The zero-order valence-electron chi connectivity index (χ0n) is 9.04. The van der Waals surface area contributed by atoms with Crippen LogP contribution in [0.25, 0.3) is 0 Å². The zero-order valence-corrected chi connectivity index (χ0v) is 9.04. The second-order valence-electron chi connectivity index (χ2n) is 3.84. The van der Waals surface area contributed by atoms with Gasteiger partial charge in [0.1, 0.15) is 6.61 Å². The molecule has 0 bridgehead atoms. The minimum atomic E-state index is 0.231. The van der Waals surface area contributed by atoms with E-state index in [0.29, 0.717) is 12.4 Å². The Labute approximate surface area is 94.2 Å². The van der Waals surface area contributed by atoms with Crippen LogP contribution in [0, 0.1) is 0 Å². The van der Waals surface area contributed by atoms with Gasteiger partial charge in [-0.2, -0.15) is 0 Å². The Balaban J connectivity index is 1.76. The summed E-state index contributed by atoms with van der Waals surface area (Å²) < 4.78 is 5.70. The van der Waals surface area contributed by atoms with Gasteiger partial charge in [0.05, 0.1) is 11.8 Å². The zero-order chi connectivity index (χ0) is 11.2. The van der Waals surface area contributed by atoms with Crippen molar-refractivity contribution in [3.63, 3.8) is 0 Å². The molecule has 1 aliphatic rings. The van der Waals surface area contributed by atoms with E-state index in [-0.39, 0.29) is 6.10 Å². The highest BCUT2D eigenvalue weighted by atomic mass is 16.5. The molecule has 0 radical (unpaired) electrons. The second kappa shape index (κ2) is 5.55. The molecule has 0 unspecified atom stereocenters. The Morgan fingerprint density at radius 1 is 1.31 bits per heavy atom. The molecule has 5 heteroatoms. The lowest BCUT2D eigenvalue weighted by Crippen LogP contribution is -2.21. The van der Waals surface area contributed by atoms with Gasteiger partial charge in [-0.1, -0.05) is 5.16 Å². The summed E-state index contributed by atoms with van der Waals surface area (Å²) in [5, 5.41) is 11.8. The number of ether oxygens (including phenoxy) is 1. The maximum Gasteiger partial charge on any atom is 0.153 e. The molecule has 1 saturated carbocycles. The third kappa shape index (κ3) is 3.00. The van der Waals surface area contributed by atoms with Crippen LogP contribution in [0.15, 0.2) is 23.6 Å². The van der Waals surface area contributed by atoms with Crippen LogP contribution in [0.4, 0.5) is 0 Å². The van der Waals surface area contributed by atoms with Gasteiger partial charge in [0.25, 0.3) is 0 Å². The third-order valence-corrected chi connectivity index (χ3v) is 2.72. The predicted molar refractivity (Wildman–Crippen MR) is 58.3 cm³/mol. The summed E-state index contributed by atoms with van der Waals surface area (Å²) in [5.74, 6) is 0.712. The lowest BCUT2D eigenvalue weighted by atomic mass is 9.96. The maximum atomic E-state index is 8.61. The molecule has 1 aromatic rings. The van der Waals surface area contributed by atoms with Crippen molar-refractivity contribution in [2.24, 2.45) is 5.16 Å². The predicted octanol–water partition coefficient (Wildman–Crippen LogP) is 1.77. The molecule has 0 saturated heterocycles. The fourth-order valence-electron chi connectivity index (χ4n) is 1.79. The van der Waals surface area contributed by atoms with E-state index >= 15 is 0 Å². The van der Waals surface area contributed by atoms with Crippen LogP contribution in [0.1, 0.15) is 31.5 Å². The van der Waals surface area contributed by atoms with Crippen LogP contribution in [-0.2, 0) is 11.3 Å². The van der Waals surface area contributed by atoms with Crippen molar-refractivity contribution in [1.82, 2.24) is 9.97 Å². The first-order chi connectivity index (χ1) is 7.88. The van der Waals surface area contributed by atoms with Crippen LogP contribution < -0.4 is 0 Å². The Bertz CT molecular complexity index is 344. The van der Waals surface area contributed by atoms with Crippen LogP contribution in [0.3, 0.4) is 0 Å². The number of nitrogens with zero attached hydrogens (tertiary/aromatic N) is 3. The largest absolute Gasteiger partial charge is 0.411 e. The summed E-state index contributed by atoms with van der Waals surface area (Å²) in [7, 11) is 0. The molecule has 0 amide bonds. The summed E-state index contributed by atoms with van der Waals surface area (Å²) in [6, 6.07) is 1.79. The van der Waals surface area contributed by atoms with Gasteiger partial charge < -0.3 is 9.94 Å². The fourth-order valence-corrected chi connectivity index (χ4v) is 1.79. The van der Waals surface area contributed by atoms with Gasteiger partial charge in [0, 0.05) is 12.4 Å². The molecule has 1 aromatic heterocycles. The summed E-state index contributed by atoms with van der Waals surface area (Å²) in [6.45, 7) is 0.455. The van der Waals surface area contributed by atoms with Crippen molar-refractivity contribution in [3.05, 3.63) is 24.3 Å². The Morgan fingerprint density at radius 2 is 2.00 bits per heavy atom. The molecule has 0 atom stereocenters. The van der Waals surface area contributed by atoms with E-state index in [2.05, 4.69) is 15.1 Å². The first-order valence-electron chi connectivity index (χ1n) is 5.46. The fraction of sp³-hybridized carbons (Fsp3) is 0.545. The number of rotatable bonds is 3. The van der Waals surface area contributed by atoms with E-state index in [1.807, 2.05) is 0 Å². The van der Waals surface area contributed by atoms with Crippen molar-refractivity contribution < 1.29 is 9.94 Å². The third-order valence-electron chi connectivity index (χ3n) is 2.72. The minimum absolute atomic E-state index is 0.231. The molecule has 0 aliphatic heterocycles. The lowest BCUT2D eigenvalue weighted by Gasteiger charge is -2.22. The first kappa shape index (κ1) is 11.0. The minimum Gasteiger partial charge on any atom is -0.411 e. The molecule has 1 aliphatic carbocycles. The van der Waals surface area contributed by atoms with Crippen LogP contribution in [0.2, 0.25) is 0 Å². The molecule has 86 valence electrons. The van der Waals surface area contributed by atoms with Gasteiger partial charge in [0.15, 0.2) is 5.82 Å². The number of hydrogen-bond acceptors (Lipinski definition) is 5. The molecule has 16 heavy (non-hydrogen) atoms. The van der Waals surface area contributed by atoms with Gasteiger partial charge in [-0.15, -0.1) is 0 Å². The molecular formula is C11H15N3O2. The van der Waals surface area contributed by atoms with Gasteiger partial charge in [0.2, 0.25) is 0 Å². The Hall–Kier alpha value is -1.49. The average molecular weight is 221 g/mol. The summed E-state index contributed by atoms with van der Waals surface area (Å²) >= 11 is 0. The highest BCUT2D eigenvalue weighted by molar-refractivity contribution is 5.84. The van der Waals surface area contributed by atoms with Crippen LogP contribution in [-0.4, -0.2) is 27.0 Å². The van der Waals surface area contributed by atoms with E-state index in [1.165, 1.54) is 0 Å². The molecule has 1 heterocycles. The number of oxime groups is 1. The van der Waals surface area contributed by atoms with Crippen LogP contribution >= 0.6 is 0 Å². The van der Waals surface area contributed by atoms with E-state index in [0.717, 1.165) is 31.4 Å². The topological polar surface area (TPSA) is 67.6 Å². The Kier molecular flexibility index (Phi) is 3.82. The summed E-state index contributed by atoms with van der Waals surface area (Å²) in [5.41, 5.74) is 0.871. The van der Waals surface area contributed by atoms with Gasteiger partial charge in [-0.05, 0) is 31.7 Å². The lowest BCUT2D eigenvalue weighted by molar-refractivity contribution is 0.0241. The summed E-state index contributed by atoms with van der Waals surface area (Å²) in [6.07, 6.45) is 7.10. The van der Waals surface area contributed by atoms with Crippen molar-refractivity contribution in [3.8, 4) is 0 Å². The molecular weight excluding hydrogens is 206 g/mol. The molecule has 1 N–H and O–H groups in total. The maximum absolute atomic E-state index is 8.61. The smallest absolute Gasteiger partial charge is 0.153 e. The standard InChI is InChI=1S/C11H15N3O2/c15-14-9-2-4-10(5-3-9)16-8-11-12-6-1-7-13-11/h1,6-7,10,15H,2-5,8H2. The number of hydrogen-bond donors (Lipinski definition) is 1. The molecule has 0 spiro atoms. The van der Waals surface area contributed by atoms with E-state index < -0.39 is 0 Å². The van der Waals surface area contributed by atoms with Crippen molar-refractivity contribution >= 4 is 5.71 Å². The highest BCUT2D eigenvalue weighted by Crippen LogP contribution is 2.19. The van der Waals surface area contributed by atoms with Crippen molar-refractivity contribution in [2.45, 2.75) is 38.4 Å². The molecule has 2 rings (SSSR count).